The summed E-state index contributed by atoms with van der Waals surface area (Å²) >= 11 is 0. The Hall–Kier alpha value is -3.21. The van der Waals surface area contributed by atoms with E-state index < -0.39 is 101 Å². The van der Waals surface area contributed by atoms with Crippen LogP contribution >= 0.6 is 0 Å². The SMILES string of the molecule is CC[C@H]1OC(=O)[C@H](C)[C@@H](C2C[C@@](C)(OC)[C@@H](O)[C@H](C)O2)[C@H](C)[C@@H](O[C@@H]2O[C@H](C)C[C@H](N(C)CCCCc3cn(CCc4ccc([N+](=O)[O-])cc4)nn3)[C@H]2O)[C@](C)(O)C[C@@H](C)CN(C)[C@H](C)[C@@H](O)[C@]1(C)O. The van der Waals surface area contributed by atoms with E-state index in [2.05, 4.69) is 15.2 Å². The molecule has 398 valence electrons. The van der Waals surface area contributed by atoms with Crippen molar-refractivity contribution in [3.05, 3.63) is 51.8 Å². The smallest absolute Gasteiger partial charge is 0.309 e. The Morgan fingerprint density at radius 3 is 2.27 bits per heavy atom. The molecule has 0 saturated carbocycles. The molecule has 4 heterocycles. The van der Waals surface area contributed by atoms with E-state index in [4.69, 9.17) is 23.7 Å². The fourth-order valence-corrected chi connectivity index (χ4v) is 11.6. The van der Waals surface area contributed by atoms with Crippen LogP contribution in [-0.2, 0) is 47.9 Å². The van der Waals surface area contributed by atoms with Gasteiger partial charge in [-0.1, -0.05) is 45.0 Å². The van der Waals surface area contributed by atoms with Gasteiger partial charge in [-0.05, 0) is 125 Å². The second-order valence-electron chi connectivity index (χ2n) is 21.9. The molecule has 0 bridgehead atoms. The highest BCUT2D eigenvalue weighted by atomic mass is 16.7. The minimum Gasteiger partial charge on any atom is -0.459 e. The topological polar surface area (TPSA) is 245 Å². The number of esters is 1. The van der Waals surface area contributed by atoms with Crippen molar-refractivity contribution in [2.75, 3.05) is 34.3 Å². The summed E-state index contributed by atoms with van der Waals surface area (Å²) in [6.45, 7) is 19.7. The second kappa shape index (κ2) is 24.2. The van der Waals surface area contributed by atoms with Crippen molar-refractivity contribution in [2.45, 2.75) is 211 Å². The average Bonchev–Trinajstić information content (AvgIpc) is 3.76. The average molecular weight is 991 g/mol. The van der Waals surface area contributed by atoms with Crippen LogP contribution in [0.1, 0.15) is 119 Å². The van der Waals surface area contributed by atoms with Crippen molar-refractivity contribution in [3.8, 4) is 0 Å². The van der Waals surface area contributed by atoms with Crippen LogP contribution in [0.4, 0.5) is 5.69 Å². The number of rotatable bonds is 15. The number of carbonyl (C=O) groups excluding carboxylic acids is 1. The summed E-state index contributed by atoms with van der Waals surface area (Å²) in [4.78, 5) is 29.2. The first kappa shape index (κ1) is 57.7. The summed E-state index contributed by atoms with van der Waals surface area (Å²) in [5.41, 5.74) is -2.56. The lowest BCUT2D eigenvalue weighted by molar-refractivity contribution is -0.384. The van der Waals surface area contributed by atoms with Gasteiger partial charge in [0.15, 0.2) is 6.29 Å². The van der Waals surface area contributed by atoms with Crippen LogP contribution in [0.2, 0.25) is 0 Å². The summed E-state index contributed by atoms with van der Waals surface area (Å²) in [7, 11) is 5.36. The molecule has 19 nitrogen and oxygen atoms in total. The molecular weight excluding hydrogens is 905 g/mol. The molecule has 1 aromatic heterocycles. The molecule has 1 aromatic carbocycles. The highest BCUT2D eigenvalue weighted by Crippen LogP contribution is 2.45. The number of aromatic nitrogens is 3. The Morgan fingerprint density at radius 1 is 0.971 bits per heavy atom. The molecule has 18 atom stereocenters. The number of ether oxygens (including phenoxy) is 5. The normalized spacial score (nSPS) is 39.8. The number of aliphatic hydroxyl groups excluding tert-OH is 3. The Kier molecular flexibility index (Phi) is 20.0. The van der Waals surface area contributed by atoms with Gasteiger partial charge in [0, 0.05) is 63.0 Å². The molecule has 3 saturated heterocycles. The van der Waals surface area contributed by atoms with Crippen molar-refractivity contribution in [2.24, 2.45) is 23.7 Å². The lowest BCUT2D eigenvalue weighted by Crippen LogP contribution is -2.62. The van der Waals surface area contributed by atoms with Gasteiger partial charge in [-0.3, -0.25) is 19.6 Å². The number of hydrogen-bond donors (Lipinski definition) is 5. The van der Waals surface area contributed by atoms with E-state index in [9.17, 15) is 40.4 Å². The molecule has 70 heavy (non-hydrogen) atoms. The van der Waals surface area contributed by atoms with Crippen LogP contribution in [0.25, 0.3) is 0 Å². The van der Waals surface area contributed by atoms with Gasteiger partial charge in [0.2, 0.25) is 0 Å². The molecule has 1 unspecified atom stereocenters. The number of cyclic esters (lactones) is 1. The number of nitrogens with zero attached hydrogens (tertiary/aromatic N) is 6. The maximum Gasteiger partial charge on any atom is 0.309 e. The number of benzene rings is 1. The first-order chi connectivity index (χ1) is 32.7. The molecule has 3 aliphatic heterocycles. The van der Waals surface area contributed by atoms with Crippen molar-refractivity contribution < 1.29 is 58.9 Å². The van der Waals surface area contributed by atoms with Gasteiger partial charge in [0.25, 0.3) is 5.69 Å². The van der Waals surface area contributed by atoms with Gasteiger partial charge in [-0.25, -0.2) is 0 Å². The molecule has 2 aromatic rings. The number of methoxy groups -OCH3 is 1. The zero-order valence-corrected chi connectivity index (χ0v) is 44.0. The molecule has 3 aliphatic rings. The molecule has 3 fully saturated rings. The molecular formula is C51H86N6O13. The van der Waals surface area contributed by atoms with Crippen molar-refractivity contribution in [1.82, 2.24) is 24.8 Å². The minimum atomic E-state index is -1.81. The first-order valence-electron chi connectivity index (χ1n) is 25.5. The van der Waals surface area contributed by atoms with Crippen LogP contribution in [0.3, 0.4) is 0 Å². The Balaban J connectivity index is 1.37. The van der Waals surface area contributed by atoms with Crippen LogP contribution in [0.5, 0.6) is 0 Å². The summed E-state index contributed by atoms with van der Waals surface area (Å²) in [5, 5.41) is 79.6. The Bertz CT molecular complexity index is 1970. The zero-order chi connectivity index (χ0) is 52.0. The third-order valence-corrected chi connectivity index (χ3v) is 16.0. The molecule has 0 radical (unpaired) electrons. The van der Waals surface area contributed by atoms with Gasteiger partial charge < -0.3 is 59.0 Å². The number of aliphatic hydroxyl groups is 5. The van der Waals surface area contributed by atoms with Gasteiger partial charge in [-0.2, -0.15) is 0 Å². The summed E-state index contributed by atoms with van der Waals surface area (Å²) in [5.74, 6) is -3.11. The van der Waals surface area contributed by atoms with Crippen LogP contribution in [-0.4, -0.2) is 180 Å². The molecule has 0 amide bonds. The van der Waals surface area contributed by atoms with Gasteiger partial charge in [0.05, 0.1) is 52.2 Å². The fourth-order valence-electron chi connectivity index (χ4n) is 11.6. The third-order valence-electron chi connectivity index (χ3n) is 16.0. The highest BCUT2D eigenvalue weighted by molar-refractivity contribution is 5.73. The van der Waals surface area contributed by atoms with Crippen molar-refractivity contribution >= 4 is 11.7 Å². The van der Waals surface area contributed by atoms with E-state index in [1.54, 1.807) is 44.5 Å². The summed E-state index contributed by atoms with van der Waals surface area (Å²) in [6.07, 6.45) is -2.28. The molecule has 5 rings (SSSR count). The molecule has 0 aliphatic carbocycles. The highest BCUT2D eigenvalue weighted by Gasteiger charge is 2.55. The maximum absolute atomic E-state index is 14.6. The van der Waals surface area contributed by atoms with Crippen LogP contribution in [0.15, 0.2) is 30.5 Å². The van der Waals surface area contributed by atoms with E-state index in [0.29, 0.717) is 38.9 Å². The predicted molar refractivity (Wildman–Crippen MR) is 261 cm³/mol. The van der Waals surface area contributed by atoms with Crippen molar-refractivity contribution in [1.29, 1.82) is 0 Å². The standard InChI is InChI=1S/C51H86N6O13/c1-14-41-51(10,63)44(59)34(6)55(12)28-30(2)26-49(8,62)46(32(4)42(33(5)47(61)69-41)40-27-50(9,66-13)45(60)35(7)68-40)70-48-43(58)39(25-31(3)67-48)54(11)23-16-15-17-37-29-56(53-52-37)24-22-36-18-20-38(21-19-36)57(64)65/h18-21,29-35,39-46,48,58-60,62-63H,14-17,22-28H2,1-13H3/t30-,31-,32+,33-,34-,35+,39+,40?,41-,42+,43-,44-,45+,46-,48+,49-,50-,51-/m1/s1. The third kappa shape index (κ3) is 13.7. The Morgan fingerprint density at radius 2 is 1.64 bits per heavy atom. The molecule has 0 spiro atoms. The van der Waals surface area contributed by atoms with Gasteiger partial charge in [-0.15, -0.1) is 5.10 Å². The van der Waals surface area contributed by atoms with Crippen LogP contribution in [0, 0.1) is 33.8 Å². The van der Waals surface area contributed by atoms with E-state index >= 15 is 0 Å². The van der Waals surface area contributed by atoms with E-state index in [1.165, 1.54) is 26.2 Å². The number of likely N-dealkylation sites (N-methyl/N-ethyl adjacent to an activating group) is 2. The lowest BCUT2D eigenvalue weighted by atomic mass is 9.68. The predicted octanol–water partition coefficient (Wildman–Crippen LogP) is 4.31. The largest absolute Gasteiger partial charge is 0.459 e. The van der Waals surface area contributed by atoms with Gasteiger partial charge >= 0.3 is 5.97 Å². The molecule has 5 N–H and O–H groups in total. The van der Waals surface area contributed by atoms with E-state index in [1.807, 2.05) is 59.8 Å². The van der Waals surface area contributed by atoms with Crippen molar-refractivity contribution in [3.63, 3.8) is 0 Å². The number of unbranched alkanes of at least 4 members (excludes halogenated alkanes) is 1. The van der Waals surface area contributed by atoms with Gasteiger partial charge in [0.1, 0.15) is 30.0 Å². The number of nitro benzene ring substituents is 1. The van der Waals surface area contributed by atoms with Crippen LogP contribution < -0.4 is 0 Å². The van der Waals surface area contributed by atoms with E-state index in [0.717, 1.165) is 24.1 Å². The molecule has 19 heteroatoms. The number of non-ortho nitro benzene ring substituents is 1. The monoisotopic (exact) mass is 991 g/mol. The Labute approximate surface area is 415 Å². The number of hydrogen-bond acceptors (Lipinski definition) is 17. The number of aryl methyl sites for hydroxylation is 3. The minimum absolute atomic E-state index is 0.0569. The number of carbonyl (C=O) groups is 1. The fraction of sp³-hybridized carbons (Fsp3) is 0.824. The second-order valence-corrected chi connectivity index (χ2v) is 21.9. The maximum atomic E-state index is 14.6. The summed E-state index contributed by atoms with van der Waals surface area (Å²) in [6, 6.07) is 5.59. The first-order valence-corrected chi connectivity index (χ1v) is 25.5. The van der Waals surface area contributed by atoms with E-state index in [-0.39, 0.29) is 43.0 Å². The lowest BCUT2D eigenvalue weighted by Gasteiger charge is -2.51. The summed E-state index contributed by atoms with van der Waals surface area (Å²) < 4.78 is 33.9. The quantitative estimate of drug-likeness (QED) is 0.0723. The number of nitro groups is 1. The zero-order valence-electron chi connectivity index (χ0n) is 44.0.